The fourth-order valence-corrected chi connectivity index (χ4v) is 3.11. The third-order valence-corrected chi connectivity index (χ3v) is 4.72. The molecule has 1 fully saturated rings. The van der Waals surface area contributed by atoms with Gasteiger partial charge in [-0.2, -0.15) is 0 Å². The Kier molecular flexibility index (Phi) is 5.03. The number of aromatic nitrogens is 1. The van der Waals surface area contributed by atoms with E-state index >= 15 is 0 Å². The maximum atomic E-state index is 12.7. The Hall–Kier alpha value is -1.78. The highest BCUT2D eigenvalue weighted by molar-refractivity contribution is 6.30. The highest BCUT2D eigenvalue weighted by atomic mass is 35.5. The number of rotatable bonds is 4. The van der Waals surface area contributed by atoms with Gasteiger partial charge >= 0.3 is 0 Å². The number of hydrogen-bond donors (Lipinski definition) is 0. The molecule has 3 rings (SSSR count). The first-order valence-electron chi connectivity index (χ1n) is 7.98. The zero-order chi connectivity index (χ0) is 16.2. The van der Waals surface area contributed by atoms with E-state index in [1.54, 1.807) is 0 Å². The number of piperazine rings is 1. The van der Waals surface area contributed by atoms with Crippen molar-refractivity contribution in [2.24, 2.45) is 0 Å². The molecule has 1 saturated heterocycles. The minimum Gasteiger partial charge on any atom is -0.346 e. The van der Waals surface area contributed by atoms with Crippen LogP contribution >= 0.6 is 11.6 Å². The Labute approximate surface area is 142 Å². The Morgan fingerprint density at radius 3 is 2.30 bits per heavy atom. The molecule has 1 aromatic heterocycles. The quantitative estimate of drug-likeness (QED) is 0.862. The van der Waals surface area contributed by atoms with Crippen LogP contribution in [-0.2, 0) is 4.79 Å². The minimum atomic E-state index is 0.00872. The van der Waals surface area contributed by atoms with Crippen molar-refractivity contribution in [3.8, 4) is 0 Å². The summed E-state index contributed by atoms with van der Waals surface area (Å²) in [5.74, 6) is 0.215. The summed E-state index contributed by atoms with van der Waals surface area (Å²) in [7, 11) is 2.10. The number of amides is 1. The van der Waals surface area contributed by atoms with Crippen LogP contribution in [0.1, 0.15) is 18.0 Å². The van der Waals surface area contributed by atoms with Crippen LogP contribution in [-0.4, -0.2) is 53.5 Å². The van der Waals surface area contributed by atoms with Crippen molar-refractivity contribution < 1.29 is 4.79 Å². The predicted molar refractivity (Wildman–Crippen MR) is 92.7 cm³/mol. The molecule has 23 heavy (non-hydrogen) atoms. The standard InChI is InChI=1S/C18H22ClN3O/c1-20-10-12-22(13-11-20)18(23)14-17(21-8-2-3-9-21)15-4-6-16(19)7-5-15/h2-9,17H,10-14H2,1H3. The van der Waals surface area contributed by atoms with Crippen LogP contribution in [0.5, 0.6) is 0 Å². The highest BCUT2D eigenvalue weighted by Gasteiger charge is 2.23. The molecule has 122 valence electrons. The van der Waals surface area contributed by atoms with E-state index in [0.29, 0.717) is 11.4 Å². The molecule has 0 saturated carbocycles. The monoisotopic (exact) mass is 331 g/mol. The molecule has 1 aliphatic heterocycles. The lowest BCUT2D eigenvalue weighted by molar-refractivity contribution is -0.133. The van der Waals surface area contributed by atoms with Gasteiger partial charge in [0.25, 0.3) is 0 Å². The second kappa shape index (κ2) is 7.20. The van der Waals surface area contributed by atoms with Gasteiger partial charge in [0.05, 0.1) is 12.5 Å². The van der Waals surface area contributed by atoms with Gasteiger partial charge < -0.3 is 14.4 Å². The SMILES string of the molecule is CN1CCN(C(=O)CC(c2ccc(Cl)cc2)n2cccc2)CC1. The van der Waals surface area contributed by atoms with E-state index in [2.05, 4.69) is 16.5 Å². The molecule has 1 unspecified atom stereocenters. The first-order chi connectivity index (χ1) is 11.1. The molecule has 1 amide bonds. The number of likely N-dealkylation sites (N-methyl/N-ethyl adjacent to an activating group) is 1. The topological polar surface area (TPSA) is 28.5 Å². The van der Waals surface area contributed by atoms with Crippen LogP contribution in [0, 0.1) is 0 Å². The number of carbonyl (C=O) groups is 1. The highest BCUT2D eigenvalue weighted by Crippen LogP contribution is 2.25. The second-order valence-corrected chi connectivity index (χ2v) is 6.52. The van der Waals surface area contributed by atoms with Crippen molar-refractivity contribution in [1.29, 1.82) is 0 Å². The zero-order valence-electron chi connectivity index (χ0n) is 13.4. The number of carbonyl (C=O) groups excluding carboxylic acids is 1. The Bertz CT molecular complexity index is 631. The minimum absolute atomic E-state index is 0.00872. The van der Waals surface area contributed by atoms with Crippen molar-refractivity contribution in [1.82, 2.24) is 14.4 Å². The van der Waals surface area contributed by atoms with Crippen molar-refractivity contribution >= 4 is 17.5 Å². The summed E-state index contributed by atoms with van der Waals surface area (Å²) in [6.07, 6.45) is 4.49. The van der Waals surface area contributed by atoms with Crippen LogP contribution in [0.2, 0.25) is 5.02 Å². The lowest BCUT2D eigenvalue weighted by Gasteiger charge is -2.33. The lowest BCUT2D eigenvalue weighted by Crippen LogP contribution is -2.47. The molecule has 0 spiro atoms. The third-order valence-electron chi connectivity index (χ3n) is 4.47. The molecule has 5 heteroatoms. The Balaban J connectivity index is 1.76. The Morgan fingerprint density at radius 1 is 1.09 bits per heavy atom. The van der Waals surface area contributed by atoms with Gasteiger partial charge in [-0.25, -0.2) is 0 Å². The van der Waals surface area contributed by atoms with Crippen LogP contribution in [0.25, 0.3) is 0 Å². The van der Waals surface area contributed by atoms with Crippen molar-refractivity contribution in [3.05, 3.63) is 59.4 Å². The van der Waals surface area contributed by atoms with Gasteiger partial charge in [-0.15, -0.1) is 0 Å². The van der Waals surface area contributed by atoms with Crippen LogP contribution in [0.4, 0.5) is 0 Å². The lowest BCUT2D eigenvalue weighted by atomic mass is 10.0. The van der Waals surface area contributed by atoms with E-state index in [-0.39, 0.29) is 11.9 Å². The van der Waals surface area contributed by atoms with E-state index in [0.717, 1.165) is 31.7 Å². The molecular formula is C18H22ClN3O. The van der Waals surface area contributed by atoms with Gasteiger partial charge in [-0.3, -0.25) is 4.79 Å². The van der Waals surface area contributed by atoms with E-state index in [4.69, 9.17) is 11.6 Å². The summed E-state index contributed by atoms with van der Waals surface area (Å²) in [5.41, 5.74) is 1.10. The maximum absolute atomic E-state index is 12.7. The van der Waals surface area contributed by atoms with Gasteiger partial charge in [-0.1, -0.05) is 23.7 Å². The molecular weight excluding hydrogens is 310 g/mol. The average Bonchev–Trinajstić information content (AvgIpc) is 3.08. The van der Waals surface area contributed by atoms with Crippen LogP contribution < -0.4 is 0 Å². The maximum Gasteiger partial charge on any atom is 0.225 e. The van der Waals surface area contributed by atoms with Gasteiger partial charge in [0.15, 0.2) is 0 Å². The first-order valence-corrected chi connectivity index (χ1v) is 8.35. The molecule has 1 atom stereocenters. The summed E-state index contributed by atoms with van der Waals surface area (Å²) in [6, 6.07) is 11.8. The van der Waals surface area contributed by atoms with Crippen LogP contribution in [0.3, 0.4) is 0 Å². The summed E-state index contributed by atoms with van der Waals surface area (Å²) in [6.45, 7) is 3.52. The number of halogens is 1. The fraction of sp³-hybridized carbons (Fsp3) is 0.389. The summed E-state index contributed by atoms with van der Waals surface area (Å²) < 4.78 is 2.09. The largest absolute Gasteiger partial charge is 0.346 e. The summed E-state index contributed by atoms with van der Waals surface area (Å²) in [5, 5.41) is 0.713. The normalized spacial score (nSPS) is 17.2. The number of benzene rings is 1. The van der Waals surface area contributed by atoms with Crippen molar-refractivity contribution in [2.75, 3.05) is 33.2 Å². The third kappa shape index (κ3) is 3.95. The number of nitrogens with zero attached hydrogens (tertiary/aromatic N) is 3. The fourth-order valence-electron chi connectivity index (χ4n) is 2.99. The summed E-state index contributed by atoms with van der Waals surface area (Å²) in [4.78, 5) is 17.0. The van der Waals surface area contributed by atoms with Gasteiger partial charge in [0, 0.05) is 43.6 Å². The predicted octanol–water partition coefficient (Wildman–Crippen LogP) is 2.90. The molecule has 1 aromatic carbocycles. The van der Waals surface area contributed by atoms with Gasteiger partial charge in [0.2, 0.25) is 5.91 Å². The smallest absolute Gasteiger partial charge is 0.225 e. The average molecular weight is 332 g/mol. The van der Waals surface area contributed by atoms with Crippen molar-refractivity contribution in [3.63, 3.8) is 0 Å². The zero-order valence-corrected chi connectivity index (χ0v) is 14.1. The number of hydrogen-bond acceptors (Lipinski definition) is 2. The molecule has 2 aromatic rings. The van der Waals surface area contributed by atoms with E-state index in [9.17, 15) is 4.79 Å². The van der Waals surface area contributed by atoms with Crippen molar-refractivity contribution in [2.45, 2.75) is 12.5 Å². The Morgan fingerprint density at radius 2 is 1.70 bits per heavy atom. The molecule has 0 N–H and O–H groups in total. The molecule has 0 radical (unpaired) electrons. The van der Waals surface area contributed by atoms with Gasteiger partial charge in [-0.05, 0) is 36.9 Å². The first kappa shape index (κ1) is 16.1. The molecule has 0 aliphatic carbocycles. The molecule has 4 nitrogen and oxygen atoms in total. The van der Waals surface area contributed by atoms with E-state index in [1.165, 1.54) is 0 Å². The molecule has 0 bridgehead atoms. The molecule has 2 heterocycles. The van der Waals surface area contributed by atoms with E-state index < -0.39 is 0 Å². The second-order valence-electron chi connectivity index (χ2n) is 6.09. The summed E-state index contributed by atoms with van der Waals surface area (Å²) >= 11 is 6.00. The van der Waals surface area contributed by atoms with Gasteiger partial charge in [0.1, 0.15) is 0 Å². The van der Waals surface area contributed by atoms with Crippen LogP contribution in [0.15, 0.2) is 48.8 Å². The molecule has 1 aliphatic rings. The van der Waals surface area contributed by atoms with E-state index in [1.807, 2.05) is 53.7 Å².